The van der Waals surface area contributed by atoms with E-state index >= 15 is 0 Å². The van der Waals surface area contributed by atoms with Gasteiger partial charge in [0.05, 0.1) is 5.38 Å². The van der Waals surface area contributed by atoms with E-state index in [4.69, 9.17) is 21.1 Å². The number of ether oxygens (including phenoxy) is 2. The SMILES string of the molecule is COC1C(Cl)CC1Oc1ccc2ccccc2c1. The van der Waals surface area contributed by atoms with Crippen molar-refractivity contribution < 1.29 is 9.47 Å². The average molecular weight is 263 g/mol. The van der Waals surface area contributed by atoms with Gasteiger partial charge in [0.2, 0.25) is 0 Å². The van der Waals surface area contributed by atoms with Crippen molar-refractivity contribution in [3.8, 4) is 5.75 Å². The van der Waals surface area contributed by atoms with E-state index in [1.807, 2.05) is 18.2 Å². The first kappa shape index (κ1) is 11.8. The molecular formula is C15H15ClO2. The van der Waals surface area contributed by atoms with Crippen LogP contribution in [0.15, 0.2) is 42.5 Å². The Kier molecular flexibility index (Phi) is 3.14. The van der Waals surface area contributed by atoms with Crippen LogP contribution in [0, 0.1) is 0 Å². The summed E-state index contributed by atoms with van der Waals surface area (Å²) in [5.74, 6) is 0.879. The maximum atomic E-state index is 6.07. The lowest BCUT2D eigenvalue weighted by Crippen LogP contribution is -2.52. The maximum absolute atomic E-state index is 6.07. The van der Waals surface area contributed by atoms with Crippen molar-refractivity contribution in [2.24, 2.45) is 0 Å². The van der Waals surface area contributed by atoms with Crippen molar-refractivity contribution in [2.75, 3.05) is 7.11 Å². The molecule has 1 aliphatic carbocycles. The van der Waals surface area contributed by atoms with Gasteiger partial charge < -0.3 is 9.47 Å². The topological polar surface area (TPSA) is 18.5 Å². The molecular weight excluding hydrogens is 248 g/mol. The minimum atomic E-state index is -0.00173. The normalized spacial score (nSPS) is 26.9. The van der Waals surface area contributed by atoms with Gasteiger partial charge in [-0.1, -0.05) is 30.3 Å². The van der Waals surface area contributed by atoms with Crippen molar-refractivity contribution in [1.29, 1.82) is 0 Å². The number of fused-ring (bicyclic) bond motifs is 1. The number of methoxy groups -OCH3 is 1. The Hall–Kier alpha value is -1.25. The molecule has 0 saturated heterocycles. The van der Waals surface area contributed by atoms with E-state index in [0.717, 1.165) is 12.2 Å². The van der Waals surface area contributed by atoms with Gasteiger partial charge in [-0.05, 0) is 22.9 Å². The van der Waals surface area contributed by atoms with Gasteiger partial charge in [0, 0.05) is 13.5 Å². The van der Waals surface area contributed by atoms with E-state index in [1.165, 1.54) is 10.8 Å². The largest absolute Gasteiger partial charge is 0.488 e. The Bertz CT molecular complexity index is 555. The molecule has 1 fully saturated rings. The summed E-state index contributed by atoms with van der Waals surface area (Å²) in [6.07, 6.45) is 0.907. The summed E-state index contributed by atoms with van der Waals surface area (Å²) in [7, 11) is 1.68. The molecule has 0 amide bonds. The first-order valence-electron chi connectivity index (χ1n) is 6.10. The van der Waals surface area contributed by atoms with Crippen molar-refractivity contribution in [3.05, 3.63) is 42.5 Å². The fourth-order valence-corrected chi connectivity index (χ4v) is 2.80. The zero-order chi connectivity index (χ0) is 12.5. The Morgan fingerprint density at radius 1 is 1.11 bits per heavy atom. The number of hydrogen-bond acceptors (Lipinski definition) is 2. The average Bonchev–Trinajstić information content (AvgIpc) is 2.38. The van der Waals surface area contributed by atoms with Gasteiger partial charge in [0.15, 0.2) is 0 Å². The highest BCUT2D eigenvalue weighted by atomic mass is 35.5. The first-order valence-corrected chi connectivity index (χ1v) is 6.54. The molecule has 2 nitrogen and oxygen atoms in total. The molecule has 0 N–H and O–H groups in total. The van der Waals surface area contributed by atoms with E-state index in [9.17, 15) is 0 Å². The van der Waals surface area contributed by atoms with Gasteiger partial charge in [0.1, 0.15) is 18.0 Å². The van der Waals surface area contributed by atoms with Crippen LogP contribution in [0.4, 0.5) is 0 Å². The quantitative estimate of drug-likeness (QED) is 0.787. The molecule has 2 aromatic carbocycles. The number of alkyl halides is 1. The monoisotopic (exact) mass is 262 g/mol. The van der Waals surface area contributed by atoms with Crippen molar-refractivity contribution in [1.82, 2.24) is 0 Å². The van der Waals surface area contributed by atoms with Gasteiger partial charge in [-0.2, -0.15) is 0 Å². The molecule has 1 aliphatic rings. The van der Waals surface area contributed by atoms with Crippen LogP contribution in [0.2, 0.25) is 0 Å². The predicted molar refractivity (Wildman–Crippen MR) is 73.4 cm³/mol. The molecule has 3 atom stereocenters. The van der Waals surface area contributed by atoms with E-state index < -0.39 is 0 Å². The molecule has 18 heavy (non-hydrogen) atoms. The first-order chi connectivity index (χ1) is 8.78. The lowest BCUT2D eigenvalue weighted by Gasteiger charge is -2.39. The summed E-state index contributed by atoms with van der Waals surface area (Å²) in [6.45, 7) is 0. The Morgan fingerprint density at radius 2 is 1.89 bits per heavy atom. The Labute approximate surface area is 111 Å². The summed E-state index contributed by atoms with van der Waals surface area (Å²) >= 11 is 6.07. The number of benzene rings is 2. The van der Waals surface area contributed by atoms with Gasteiger partial charge in [0.25, 0.3) is 0 Å². The van der Waals surface area contributed by atoms with E-state index in [0.29, 0.717) is 0 Å². The second-order valence-corrected chi connectivity index (χ2v) is 5.18. The number of hydrogen-bond donors (Lipinski definition) is 0. The third-order valence-corrected chi connectivity index (χ3v) is 3.89. The Balaban J connectivity index is 1.79. The fourth-order valence-electron chi connectivity index (χ4n) is 2.36. The van der Waals surface area contributed by atoms with Crippen LogP contribution in [0.5, 0.6) is 5.75 Å². The van der Waals surface area contributed by atoms with Crippen LogP contribution in [0.25, 0.3) is 10.8 Å². The van der Waals surface area contributed by atoms with Crippen LogP contribution in [-0.4, -0.2) is 24.7 Å². The van der Waals surface area contributed by atoms with Gasteiger partial charge >= 0.3 is 0 Å². The molecule has 0 bridgehead atoms. The van der Waals surface area contributed by atoms with Crippen LogP contribution in [-0.2, 0) is 4.74 Å². The summed E-state index contributed by atoms with van der Waals surface area (Å²) < 4.78 is 11.2. The van der Waals surface area contributed by atoms with Crippen LogP contribution < -0.4 is 4.74 Å². The second kappa shape index (κ2) is 4.79. The third kappa shape index (κ3) is 2.06. The molecule has 0 heterocycles. The van der Waals surface area contributed by atoms with Gasteiger partial charge in [-0.15, -0.1) is 11.6 Å². The van der Waals surface area contributed by atoms with Gasteiger partial charge in [-0.25, -0.2) is 0 Å². The molecule has 0 aliphatic heterocycles. The van der Waals surface area contributed by atoms with Crippen LogP contribution >= 0.6 is 11.6 Å². The number of rotatable bonds is 3. The van der Waals surface area contributed by atoms with Gasteiger partial charge in [-0.3, -0.25) is 0 Å². The molecule has 94 valence electrons. The third-order valence-electron chi connectivity index (χ3n) is 3.46. The van der Waals surface area contributed by atoms with Crippen molar-refractivity contribution >= 4 is 22.4 Å². The highest BCUT2D eigenvalue weighted by Crippen LogP contribution is 2.33. The predicted octanol–water partition coefficient (Wildman–Crippen LogP) is 3.61. The molecule has 3 unspecified atom stereocenters. The highest BCUT2D eigenvalue weighted by Gasteiger charge is 2.42. The summed E-state index contributed by atoms with van der Waals surface area (Å²) in [5.41, 5.74) is 0. The molecule has 1 saturated carbocycles. The van der Waals surface area contributed by atoms with Crippen molar-refractivity contribution in [2.45, 2.75) is 24.0 Å². The second-order valence-electron chi connectivity index (χ2n) is 4.62. The summed E-state index contributed by atoms with van der Waals surface area (Å²) in [6, 6.07) is 14.4. The zero-order valence-electron chi connectivity index (χ0n) is 10.2. The summed E-state index contributed by atoms with van der Waals surface area (Å²) in [4.78, 5) is 0. The molecule has 0 spiro atoms. The minimum Gasteiger partial charge on any atom is -0.488 e. The molecule has 0 aromatic heterocycles. The lowest BCUT2D eigenvalue weighted by atomic mass is 9.91. The van der Waals surface area contributed by atoms with E-state index in [2.05, 4.69) is 24.3 Å². The highest BCUT2D eigenvalue weighted by molar-refractivity contribution is 6.21. The fraction of sp³-hybridized carbons (Fsp3) is 0.333. The minimum absolute atomic E-state index is 0.00173. The lowest BCUT2D eigenvalue weighted by molar-refractivity contribution is -0.0583. The van der Waals surface area contributed by atoms with Crippen LogP contribution in [0.3, 0.4) is 0 Å². The molecule has 3 heteroatoms. The molecule has 2 aromatic rings. The molecule has 0 radical (unpaired) electrons. The van der Waals surface area contributed by atoms with Crippen molar-refractivity contribution in [3.63, 3.8) is 0 Å². The summed E-state index contributed by atoms with van der Waals surface area (Å²) in [5, 5.41) is 2.48. The maximum Gasteiger partial charge on any atom is 0.128 e. The molecule has 3 rings (SSSR count). The zero-order valence-corrected chi connectivity index (χ0v) is 10.9. The Morgan fingerprint density at radius 3 is 2.61 bits per heavy atom. The number of halogens is 1. The standard InChI is InChI=1S/C15H15ClO2/c1-17-15-13(16)9-14(15)18-12-7-6-10-4-2-3-5-11(10)8-12/h2-8,13-15H,9H2,1H3. The van der Waals surface area contributed by atoms with E-state index in [-0.39, 0.29) is 17.6 Å². The van der Waals surface area contributed by atoms with E-state index in [1.54, 1.807) is 7.11 Å². The van der Waals surface area contributed by atoms with Crippen LogP contribution in [0.1, 0.15) is 6.42 Å². The smallest absolute Gasteiger partial charge is 0.128 e.